The molecule has 1 aromatic heterocycles. The molecular weight excluding hydrogens is 290 g/mol. The maximum atomic E-state index is 12.3. The Hall–Kier alpha value is -1.46. The summed E-state index contributed by atoms with van der Waals surface area (Å²) in [6.07, 6.45) is 5.93. The van der Waals surface area contributed by atoms with Crippen LogP contribution in [0.2, 0.25) is 0 Å². The number of nitrogens with zero attached hydrogens (tertiary/aromatic N) is 3. The van der Waals surface area contributed by atoms with Crippen LogP contribution in [0.25, 0.3) is 0 Å². The van der Waals surface area contributed by atoms with Crippen LogP contribution >= 0.6 is 0 Å². The minimum absolute atomic E-state index is 0.259. The lowest BCUT2D eigenvalue weighted by Gasteiger charge is -2.48. The van der Waals surface area contributed by atoms with Crippen LogP contribution < -0.4 is 0 Å². The van der Waals surface area contributed by atoms with Gasteiger partial charge in [-0.2, -0.15) is 0 Å². The van der Waals surface area contributed by atoms with Crippen LogP contribution in [0.3, 0.4) is 0 Å². The van der Waals surface area contributed by atoms with E-state index in [1.807, 2.05) is 23.1 Å². The lowest BCUT2D eigenvalue weighted by molar-refractivity contribution is -0.140. The van der Waals surface area contributed by atoms with Crippen LogP contribution in [-0.4, -0.2) is 60.6 Å². The Balaban J connectivity index is 1.65. The van der Waals surface area contributed by atoms with E-state index in [1.165, 1.54) is 12.8 Å². The van der Waals surface area contributed by atoms with Crippen molar-refractivity contribution < 1.29 is 9.53 Å². The third kappa shape index (κ3) is 4.09. The zero-order chi connectivity index (χ0) is 16.1. The van der Waals surface area contributed by atoms with E-state index in [0.29, 0.717) is 13.0 Å². The van der Waals surface area contributed by atoms with Crippen molar-refractivity contribution in [2.24, 2.45) is 5.41 Å². The largest absolute Gasteiger partial charge is 0.383 e. The van der Waals surface area contributed by atoms with Crippen molar-refractivity contribution in [2.75, 3.05) is 39.9 Å². The fourth-order valence-electron chi connectivity index (χ4n) is 3.99. The number of carbonyl (C=O) groups is 1. The van der Waals surface area contributed by atoms with Crippen molar-refractivity contribution in [2.45, 2.75) is 32.2 Å². The zero-order valence-corrected chi connectivity index (χ0v) is 14.0. The Kier molecular flexibility index (Phi) is 5.28. The molecule has 126 valence electrons. The van der Waals surface area contributed by atoms with Crippen molar-refractivity contribution >= 4 is 5.91 Å². The van der Waals surface area contributed by atoms with Gasteiger partial charge in [0.15, 0.2) is 0 Å². The number of piperidine rings is 2. The molecule has 2 saturated heterocycles. The molecule has 1 amide bonds. The highest BCUT2D eigenvalue weighted by molar-refractivity contribution is 5.77. The minimum atomic E-state index is 0.259. The molecule has 0 bridgehead atoms. The lowest BCUT2D eigenvalue weighted by Crippen LogP contribution is -2.54. The second-order valence-corrected chi connectivity index (χ2v) is 6.94. The van der Waals surface area contributed by atoms with Gasteiger partial charge in [0.1, 0.15) is 0 Å². The third-order valence-corrected chi connectivity index (χ3v) is 5.18. The highest BCUT2D eigenvalue weighted by Gasteiger charge is 2.41. The molecule has 3 heterocycles. The fraction of sp³-hybridized carbons (Fsp3) is 0.667. The number of amides is 1. The highest BCUT2D eigenvalue weighted by atomic mass is 16.5. The first-order valence-electron chi connectivity index (χ1n) is 8.60. The number of likely N-dealkylation sites (tertiary alicyclic amines) is 2. The van der Waals surface area contributed by atoms with Crippen LogP contribution in [-0.2, 0) is 16.1 Å². The molecule has 1 aromatic rings. The molecule has 0 aromatic carbocycles. The standard InChI is InChI=1S/C18H27N3O2/c1-23-12-11-20-10-4-7-18(14-20)8-6-17(22)21(15-18)13-16-5-2-3-9-19-16/h2-3,5,9H,4,6-8,10-15H2,1H3. The minimum Gasteiger partial charge on any atom is -0.383 e. The number of rotatable bonds is 5. The first kappa shape index (κ1) is 16.4. The summed E-state index contributed by atoms with van der Waals surface area (Å²) in [4.78, 5) is 21.2. The van der Waals surface area contributed by atoms with Crippen LogP contribution in [0.5, 0.6) is 0 Å². The fourth-order valence-corrected chi connectivity index (χ4v) is 3.99. The number of hydrogen-bond acceptors (Lipinski definition) is 4. The number of carbonyl (C=O) groups excluding carboxylic acids is 1. The van der Waals surface area contributed by atoms with Crippen molar-refractivity contribution in [3.8, 4) is 0 Å². The van der Waals surface area contributed by atoms with E-state index in [4.69, 9.17) is 4.74 Å². The van der Waals surface area contributed by atoms with Gasteiger partial charge in [0.2, 0.25) is 5.91 Å². The molecule has 1 spiro atoms. The van der Waals surface area contributed by atoms with Gasteiger partial charge >= 0.3 is 0 Å². The van der Waals surface area contributed by atoms with E-state index in [2.05, 4.69) is 9.88 Å². The predicted molar refractivity (Wildman–Crippen MR) is 88.9 cm³/mol. The molecule has 1 unspecified atom stereocenters. The average Bonchev–Trinajstić information content (AvgIpc) is 2.58. The Bertz CT molecular complexity index is 522. The lowest BCUT2D eigenvalue weighted by atomic mass is 9.73. The number of hydrogen-bond donors (Lipinski definition) is 0. The SMILES string of the molecule is COCCN1CCCC2(CCC(=O)N(Cc3ccccn3)C2)C1. The van der Waals surface area contributed by atoms with Crippen molar-refractivity contribution in [3.63, 3.8) is 0 Å². The first-order valence-corrected chi connectivity index (χ1v) is 8.60. The molecule has 23 heavy (non-hydrogen) atoms. The summed E-state index contributed by atoms with van der Waals surface area (Å²) in [7, 11) is 1.76. The average molecular weight is 317 g/mol. The Labute approximate surface area is 138 Å². The van der Waals surface area contributed by atoms with Crippen molar-refractivity contribution in [1.29, 1.82) is 0 Å². The van der Waals surface area contributed by atoms with Gasteiger partial charge in [-0.15, -0.1) is 0 Å². The molecule has 5 heteroatoms. The van der Waals surface area contributed by atoms with Crippen molar-refractivity contribution in [1.82, 2.24) is 14.8 Å². The van der Waals surface area contributed by atoms with E-state index in [9.17, 15) is 4.79 Å². The van der Waals surface area contributed by atoms with E-state index in [-0.39, 0.29) is 11.3 Å². The smallest absolute Gasteiger partial charge is 0.222 e. The van der Waals surface area contributed by atoms with Gasteiger partial charge in [-0.1, -0.05) is 6.07 Å². The molecule has 0 saturated carbocycles. The molecule has 1 atom stereocenters. The molecule has 5 nitrogen and oxygen atoms in total. The zero-order valence-electron chi connectivity index (χ0n) is 14.0. The van der Waals surface area contributed by atoms with Gasteiger partial charge in [0, 0.05) is 44.8 Å². The summed E-state index contributed by atoms with van der Waals surface area (Å²) in [5.41, 5.74) is 1.24. The van der Waals surface area contributed by atoms with Crippen molar-refractivity contribution in [3.05, 3.63) is 30.1 Å². The van der Waals surface area contributed by atoms with Crippen LogP contribution in [0.4, 0.5) is 0 Å². The molecule has 2 aliphatic heterocycles. The molecule has 2 aliphatic rings. The quantitative estimate of drug-likeness (QED) is 0.832. The second-order valence-electron chi connectivity index (χ2n) is 6.94. The summed E-state index contributed by atoms with van der Waals surface area (Å²) >= 11 is 0. The third-order valence-electron chi connectivity index (χ3n) is 5.18. The number of methoxy groups -OCH3 is 1. The van der Waals surface area contributed by atoms with Gasteiger partial charge in [-0.25, -0.2) is 0 Å². The predicted octanol–water partition coefficient (Wildman–Crippen LogP) is 1.93. The van der Waals surface area contributed by atoms with E-state index >= 15 is 0 Å². The van der Waals surface area contributed by atoms with E-state index in [0.717, 1.165) is 44.9 Å². The Morgan fingerprint density at radius 2 is 2.22 bits per heavy atom. The molecular formula is C18H27N3O2. The Morgan fingerprint density at radius 1 is 1.30 bits per heavy atom. The highest BCUT2D eigenvalue weighted by Crippen LogP contribution is 2.39. The van der Waals surface area contributed by atoms with E-state index in [1.54, 1.807) is 13.3 Å². The van der Waals surface area contributed by atoms with Crippen LogP contribution in [0, 0.1) is 5.41 Å². The topological polar surface area (TPSA) is 45.7 Å². The van der Waals surface area contributed by atoms with Gasteiger partial charge < -0.3 is 14.5 Å². The molecule has 0 N–H and O–H groups in total. The first-order chi connectivity index (χ1) is 11.2. The molecule has 2 fully saturated rings. The molecule has 3 rings (SSSR count). The number of ether oxygens (including phenoxy) is 1. The second kappa shape index (κ2) is 7.41. The van der Waals surface area contributed by atoms with Gasteiger partial charge in [0.05, 0.1) is 18.8 Å². The summed E-state index contributed by atoms with van der Waals surface area (Å²) in [6.45, 7) is 5.52. The normalized spacial score (nSPS) is 26.0. The van der Waals surface area contributed by atoms with Crippen LogP contribution in [0.1, 0.15) is 31.4 Å². The summed E-state index contributed by atoms with van der Waals surface area (Å²) in [5.74, 6) is 0.273. The molecule has 0 radical (unpaired) electrons. The number of pyridine rings is 1. The van der Waals surface area contributed by atoms with E-state index < -0.39 is 0 Å². The van der Waals surface area contributed by atoms with Gasteiger partial charge in [-0.3, -0.25) is 9.78 Å². The monoisotopic (exact) mass is 317 g/mol. The summed E-state index contributed by atoms with van der Waals surface area (Å²) in [5, 5.41) is 0. The Morgan fingerprint density at radius 3 is 3.00 bits per heavy atom. The number of aromatic nitrogens is 1. The molecule has 0 aliphatic carbocycles. The van der Waals surface area contributed by atoms with Crippen LogP contribution in [0.15, 0.2) is 24.4 Å². The summed E-state index contributed by atoms with van der Waals surface area (Å²) in [6, 6.07) is 5.90. The maximum absolute atomic E-state index is 12.3. The maximum Gasteiger partial charge on any atom is 0.222 e. The summed E-state index contributed by atoms with van der Waals surface area (Å²) < 4.78 is 5.22. The van der Waals surface area contributed by atoms with Gasteiger partial charge in [0.25, 0.3) is 0 Å². The van der Waals surface area contributed by atoms with Gasteiger partial charge in [-0.05, 0) is 37.9 Å².